The number of aromatic amines is 1. The molecule has 2 N–H and O–H groups in total. The first-order chi connectivity index (χ1) is 11.5. The van der Waals surface area contributed by atoms with Gasteiger partial charge in [0, 0.05) is 23.1 Å². The number of H-pyrrole nitrogens is 1. The number of aromatic nitrogens is 1. The minimum Gasteiger partial charge on any atom is -0.358 e. The largest absolute Gasteiger partial charge is 0.358 e. The van der Waals surface area contributed by atoms with Gasteiger partial charge in [0.25, 0.3) is 0 Å². The van der Waals surface area contributed by atoms with E-state index in [0.29, 0.717) is 13.0 Å². The van der Waals surface area contributed by atoms with Crippen LogP contribution in [-0.2, 0) is 34.0 Å². The molecule has 6 heteroatoms. The van der Waals surface area contributed by atoms with Gasteiger partial charge in [0.1, 0.15) is 0 Å². The zero-order valence-corrected chi connectivity index (χ0v) is 14.4. The van der Waals surface area contributed by atoms with E-state index in [9.17, 15) is 13.2 Å². The number of rotatable bonds is 3. The Morgan fingerprint density at radius 1 is 1.25 bits per heavy atom. The van der Waals surface area contributed by atoms with Crippen LogP contribution in [-0.4, -0.2) is 30.8 Å². The summed E-state index contributed by atoms with van der Waals surface area (Å²) in [6.45, 7) is 0.450. The van der Waals surface area contributed by atoms with Crippen molar-refractivity contribution in [1.29, 1.82) is 0 Å². The Balaban J connectivity index is 1.48. The second-order valence-electron chi connectivity index (χ2n) is 6.99. The SMILES string of the molecule is O=C(NCc1ccc2[nH]c3c(c2c1)CCCC3)[C@H]1CCS(=O)(=O)C1. The van der Waals surface area contributed by atoms with Gasteiger partial charge >= 0.3 is 0 Å². The fraction of sp³-hybridized carbons (Fsp3) is 0.500. The van der Waals surface area contributed by atoms with Crippen LogP contribution in [0.4, 0.5) is 0 Å². The molecule has 128 valence electrons. The fourth-order valence-corrected chi connectivity index (χ4v) is 5.64. The molecule has 1 aromatic heterocycles. The van der Waals surface area contributed by atoms with E-state index in [4.69, 9.17) is 0 Å². The standard InChI is InChI=1S/C18H22N2O3S/c21-18(13-7-8-24(22,23)11-13)19-10-12-5-6-17-15(9-12)14-3-1-2-4-16(14)20-17/h5-6,9,13,20H,1-4,7-8,10-11H2,(H,19,21)/t13-/m0/s1. The highest BCUT2D eigenvalue weighted by Gasteiger charge is 2.32. The highest BCUT2D eigenvalue weighted by Crippen LogP contribution is 2.29. The normalized spacial score (nSPS) is 22.4. The van der Waals surface area contributed by atoms with Crippen LogP contribution >= 0.6 is 0 Å². The van der Waals surface area contributed by atoms with Gasteiger partial charge in [-0.05, 0) is 55.4 Å². The van der Waals surface area contributed by atoms with Gasteiger partial charge in [-0.3, -0.25) is 4.79 Å². The van der Waals surface area contributed by atoms with Crippen molar-refractivity contribution in [2.75, 3.05) is 11.5 Å². The molecule has 24 heavy (non-hydrogen) atoms. The number of benzene rings is 1. The lowest BCUT2D eigenvalue weighted by Crippen LogP contribution is -2.30. The van der Waals surface area contributed by atoms with E-state index < -0.39 is 15.8 Å². The van der Waals surface area contributed by atoms with E-state index >= 15 is 0 Å². The molecule has 0 spiro atoms. The Hall–Kier alpha value is -1.82. The van der Waals surface area contributed by atoms with Crippen LogP contribution in [0.2, 0.25) is 0 Å². The van der Waals surface area contributed by atoms with Gasteiger partial charge in [0.2, 0.25) is 5.91 Å². The Kier molecular flexibility index (Phi) is 3.87. The predicted molar refractivity (Wildman–Crippen MR) is 93.5 cm³/mol. The first-order valence-electron chi connectivity index (χ1n) is 8.62. The average molecular weight is 346 g/mol. The lowest BCUT2D eigenvalue weighted by molar-refractivity contribution is -0.124. The maximum Gasteiger partial charge on any atom is 0.224 e. The first-order valence-corrected chi connectivity index (χ1v) is 10.4. The number of nitrogens with one attached hydrogen (secondary N) is 2. The van der Waals surface area contributed by atoms with Gasteiger partial charge in [-0.15, -0.1) is 0 Å². The Morgan fingerprint density at radius 2 is 2.08 bits per heavy atom. The lowest BCUT2D eigenvalue weighted by atomic mass is 9.95. The van der Waals surface area contributed by atoms with E-state index in [-0.39, 0.29) is 17.4 Å². The number of carbonyl (C=O) groups excluding carboxylic acids is 1. The number of fused-ring (bicyclic) bond motifs is 3. The monoisotopic (exact) mass is 346 g/mol. The van der Waals surface area contributed by atoms with Crippen molar-refractivity contribution in [3.8, 4) is 0 Å². The molecular weight excluding hydrogens is 324 g/mol. The molecule has 5 nitrogen and oxygen atoms in total. The van der Waals surface area contributed by atoms with Crippen LogP contribution in [0.15, 0.2) is 18.2 Å². The maximum absolute atomic E-state index is 12.2. The van der Waals surface area contributed by atoms with Crippen LogP contribution in [0.5, 0.6) is 0 Å². The molecule has 1 aliphatic heterocycles. The van der Waals surface area contributed by atoms with Crippen molar-refractivity contribution < 1.29 is 13.2 Å². The number of amides is 1. The molecule has 2 aliphatic rings. The van der Waals surface area contributed by atoms with Crippen LogP contribution in [0.3, 0.4) is 0 Å². The highest BCUT2D eigenvalue weighted by atomic mass is 32.2. The van der Waals surface area contributed by atoms with Gasteiger partial charge in [-0.1, -0.05) is 6.07 Å². The summed E-state index contributed by atoms with van der Waals surface area (Å²) in [5, 5.41) is 4.17. The minimum absolute atomic E-state index is 0.0107. The molecule has 1 saturated heterocycles. The number of carbonyl (C=O) groups is 1. The molecule has 1 fully saturated rings. The third-order valence-electron chi connectivity index (χ3n) is 5.23. The van der Waals surface area contributed by atoms with Crippen molar-refractivity contribution in [3.63, 3.8) is 0 Å². The van der Waals surface area contributed by atoms with Gasteiger partial charge < -0.3 is 10.3 Å². The van der Waals surface area contributed by atoms with Crippen molar-refractivity contribution in [2.45, 2.75) is 38.6 Å². The van der Waals surface area contributed by atoms with Crippen LogP contribution in [0, 0.1) is 5.92 Å². The molecule has 0 unspecified atom stereocenters. The lowest BCUT2D eigenvalue weighted by Gasteiger charge is -2.11. The Morgan fingerprint density at radius 3 is 2.88 bits per heavy atom. The van der Waals surface area contributed by atoms with Gasteiger partial charge in [0.15, 0.2) is 9.84 Å². The summed E-state index contributed by atoms with van der Waals surface area (Å²) >= 11 is 0. The summed E-state index contributed by atoms with van der Waals surface area (Å²) in [4.78, 5) is 15.7. The number of aryl methyl sites for hydroxylation is 2. The van der Waals surface area contributed by atoms with Crippen LogP contribution < -0.4 is 5.32 Å². The number of hydrogen-bond acceptors (Lipinski definition) is 3. The van der Waals surface area contributed by atoms with Crippen molar-refractivity contribution in [2.24, 2.45) is 5.92 Å². The molecular formula is C18H22N2O3S. The average Bonchev–Trinajstić information content (AvgIpc) is 3.12. The summed E-state index contributed by atoms with van der Waals surface area (Å²) in [5.41, 5.74) is 5.00. The summed E-state index contributed by atoms with van der Waals surface area (Å²) in [6.07, 6.45) is 5.15. The number of sulfone groups is 1. The Labute approximate surface area is 141 Å². The zero-order valence-electron chi connectivity index (χ0n) is 13.6. The molecule has 0 radical (unpaired) electrons. The van der Waals surface area contributed by atoms with Crippen molar-refractivity contribution in [1.82, 2.24) is 10.3 Å². The molecule has 1 aliphatic carbocycles. The topological polar surface area (TPSA) is 79.0 Å². The molecule has 1 amide bonds. The molecule has 2 aromatic rings. The highest BCUT2D eigenvalue weighted by molar-refractivity contribution is 7.91. The molecule has 4 rings (SSSR count). The zero-order chi connectivity index (χ0) is 16.7. The summed E-state index contributed by atoms with van der Waals surface area (Å²) in [5.74, 6) is -0.415. The van der Waals surface area contributed by atoms with Gasteiger partial charge in [0.05, 0.1) is 17.4 Å². The van der Waals surface area contributed by atoms with Crippen LogP contribution in [0.1, 0.15) is 36.1 Å². The van der Waals surface area contributed by atoms with E-state index in [0.717, 1.165) is 18.4 Å². The predicted octanol–water partition coefficient (Wildman–Crippen LogP) is 2.10. The van der Waals surface area contributed by atoms with E-state index in [1.165, 1.54) is 35.0 Å². The van der Waals surface area contributed by atoms with Crippen molar-refractivity contribution >= 4 is 26.6 Å². The van der Waals surface area contributed by atoms with Crippen molar-refractivity contribution in [3.05, 3.63) is 35.0 Å². The van der Waals surface area contributed by atoms with E-state index in [2.05, 4.69) is 22.4 Å². The molecule has 1 aromatic carbocycles. The fourth-order valence-electron chi connectivity index (χ4n) is 3.90. The van der Waals surface area contributed by atoms with E-state index in [1.807, 2.05) is 6.07 Å². The molecule has 1 atom stereocenters. The summed E-state index contributed by atoms with van der Waals surface area (Å²) < 4.78 is 23.0. The maximum atomic E-state index is 12.2. The summed E-state index contributed by atoms with van der Waals surface area (Å²) in [7, 11) is -3.02. The minimum atomic E-state index is -3.02. The van der Waals surface area contributed by atoms with Gasteiger partial charge in [-0.2, -0.15) is 0 Å². The molecule has 2 heterocycles. The second-order valence-corrected chi connectivity index (χ2v) is 9.22. The third-order valence-corrected chi connectivity index (χ3v) is 7.00. The summed E-state index contributed by atoms with van der Waals surface area (Å²) in [6, 6.07) is 6.26. The Bertz CT molecular complexity index is 898. The first kappa shape index (κ1) is 15.7. The second kappa shape index (κ2) is 5.92. The smallest absolute Gasteiger partial charge is 0.224 e. The molecule has 0 saturated carbocycles. The quantitative estimate of drug-likeness (QED) is 0.893. The van der Waals surface area contributed by atoms with Gasteiger partial charge in [-0.25, -0.2) is 8.42 Å². The number of hydrogen-bond donors (Lipinski definition) is 2. The molecule has 0 bridgehead atoms. The van der Waals surface area contributed by atoms with E-state index in [1.54, 1.807) is 0 Å². The third kappa shape index (κ3) is 2.95. The van der Waals surface area contributed by atoms with Crippen LogP contribution in [0.25, 0.3) is 10.9 Å².